The van der Waals surface area contributed by atoms with Crippen molar-refractivity contribution >= 4 is 75.2 Å². The highest BCUT2D eigenvalue weighted by atomic mass is 32.1. The lowest BCUT2D eigenvalue weighted by atomic mass is 10.2. The zero-order valence-electron chi connectivity index (χ0n) is 17.0. The summed E-state index contributed by atoms with van der Waals surface area (Å²) in [5, 5.41) is 2.27. The quantitative estimate of drug-likeness (QED) is 0.257. The van der Waals surface area contributed by atoms with Crippen LogP contribution in [0.3, 0.4) is 0 Å². The Balaban J connectivity index is 1.50. The summed E-state index contributed by atoms with van der Waals surface area (Å²) >= 11 is 7.37. The predicted octanol–water partition coefficient (Wildman–Crippen LogP) is 8.75. The summed E-state index contributed by atoms with van der Waals surface area (Å²) in [7, 11) is 0. The van der Waals surface area contributed by atoms with Gasteiger partial charge in [0, 0.05) is 9.40 Å². The lowest BCUT2D eigenvalue weighted by Crippen LogP contribution is -1.75. The van der Waals surface area contributed by atoms with E-state index < -0.39 is 0 Å². The number of hydrogen-bond acceptors (Lipinski definition) is 6. The first kappa shape index (κ1) is 18.6. The molecule has 6 heteroatoms. The minimum absolute atomic E-state index is 1.10. The van der Waals surface area contributed by atoms with Crippen molar-refractivity contribution in [3.63, 3.8) is 0 Å². The molecule has 0 spiro atoms. The highest BCUT2D eigenvalue weighted by molar-refractivity contribution is 7.34. The van der Waals surface area contributed by atoms with Gasteiger partial charge in [-0.15, -0.1) is 45.3 Å². The van der Waals surface area contributed by atoms with Crippen LogP contribution in [0.4, 0.5) is 0 Å². The number of aryl methyl sites for hydroxylation is 4. The van der Waals surface area contributed by atoms with Crippen LogP contribution in [0.5, 0.6) is 0 Å². The van der Waals surface area contributed by atoms with Gasteiger partial charge in [-0.05, 0) is 74.2 Å². The zero-order chi connectivity index (χ0) is 20.6. The molecule has 0 atom stereocenters. The third kappa shape index (κ3) is 2.78. The minimum Gasteiger partial charge on any atom is -0.235 e. The number of thiazole rings is 2. The molecular weight excluding hydrogens is 445 g/mol. The van der Waals surface area contributed by atoms with Gasteiger partial charge in [0.2, 0.25) is 0 Å². The zero-order valence-corrected chi connectivity index (χ0v) is 20.3. The van der Waals surface area contributed by atoms with Gasteiger partial charge in [0.25, 0.3) is 0 Å². The minimum atomic E-state index is 1.10. The fraction of sp³-hybridized carbons (Fsp3) is 0.167. The Morgan fingerprint density at radius 1 is 0.567 bits per heavy atom. The molecule has 2 aromatic carbocycles. The molecule has 0 aliphatic carbocycles. The van der Waals surface area contributed by atoms with Gasteiger partial charge in [-0.1, -0.05) is 12.1 Å². The van der Waals surface area contributed by atoms with E-state index >= 15 is 0 Å². The van der Waals surface area contributed by atoms with Crippen LogP contribution < -0.4 is 0 Å². The van der Waals surface area contributed by atoms with Crippen LogP contribution in [0.1, 0.15) is 22.3 Å². The van der Waals surface area contributed by atoms with Crippen molar-refractivity contribution in [2.45, 2.75) is 27.7 Å². The summed E-state index contributed by atoms with van der Waals surface area (Å²) in [5.74, 6) is 0. The number of benzene rings is 2. The van der Waals surface area contributed by atoms with Crippen LogP contribution >= 0.6 is 45.3 Å². The number of aromatic nitrogens is 2. The fourth-order valence-electron chi connectivity index (χ4n) is 3.82. The van der Waals surface area contributed by atoms with E-state index in [9.17, 15) is 0 Å². The van der Waals surface area contributed by atoms with E-state index in [0.717, 1.165) is 21.0 Å². The van der Waals surface area contributed by atoms with Gasteiger partial charge in [0.05, 0.1) is 30.2 Å². The smallest absolute Gasteiger partial charge is 0.134 e. The van der Waals surface area contributed by atoms with E-state index in [1.54, 1.807) is 22.7 Å². The SMILES string of the molecule is Cc1ccc2nc(-c3sc4c(C)c(-c5nc6ccc(C)cc6s5)sc4c3C)sc2c1. The molecule has 148 valence electrons. The Kier molecular flexibility index (Phi) is 4.15. The molecule has 0 N–H and O–H groups in total. The van der Waals surface area contributed by atoms with Gasteiger partial charge in [0.15, 0.2) is 0 Å². The van der Waals surface area contributed by atoms with Crippen LogP contribution in [-0.2, 0) is 0 Å². The van der Waals surface area contributed by atoms with Crippen molar-refractivity contribution in [1.29, 1.82) is 0 Å². The molecule has 4 heterocycles. The molecule has 0 amide bonds. The maximum Gasteiger partial charge on any atom is 0.134 e. The third-order valence-corrected chi connectivity index (χ3v) is 10.7. The first-order valence-corrected chi connectivity index (χ1v) is 13.0. The molecule has 4 aromatic heterocycles. The van der Waals surface area contributed by atoms with Crippen LogP contribution in [-0.4, -0.2) is 9.97 Å². The molecule has 0 saturated heterocycles. The molecule has 0 saturated carbocycles. The largest absolute Gasteiger partial charge is 0.235 e. The Morgan fingerprint density at radius 3 is 1.43 bits per heavy atom. The van der Waals surface area contributed by atoms with Gasteiger partial charge >= 0.3 is 0 Å². The Bertz CT molecular complexity index is 1470. The van der Waals surface area contributed by atoms with Gasteiger partial charge in [-0.2, -0.15) is 0 Å². The average molecular weight is 463 g/mol. The summed E-state index contributed by atoms with van der Waals surface area (Å²) < 4.78 is 5.30. The second-order valence-electron chi connectivity index (χ2n) is 7.75. The number of nitrogens with zero attached hydrogens (tertiary/aromatic N) is 2. The van der Waals surface area contributed by atoms with E-state index in [-0.39, 0.29) is 0 Å². The van der Waals surface area contributed by atoms with E-state index in [1.807, 2.05) is 22.7 Å². The lowest BCUT2D eigenvalue weighted by molar-refractivity contribution is 1.45. The first-order valence-electron chi connectivity index (χ1n) is 9.75. The van der Waals surface area contributed by atoms with Gasteiger partial charge in [-0.25, -0.2) is 9.97 Å². The normalized spacial score (nSPS) is 12.0. The Hall–Kier alpha value is -2.12. The highest BCUT2D eigenvalue weighted by Crippen LogP contribution is 2.49. The van der Waals surface area contributed by atoms with Crippen molar-refractivity contribution in [3.8, 4) is 19.8 Å². The maximum absolute atomic E-state index is 4.93. The molecule has 0 aliphatic rings. The fourth-order valence-corrected chi connectivity index (χ4v) is 9.00. The van der Waals surface area contributed by atoms with E-state index in [2.05, 4.69) is 64.1 Å². The number of hydrogen-bond donors (Lipinski definition) is 0. The standard InChI is InChI=1S/C24H18N2S4/c1-11-5-7-15-17(9-11)27-23(25-15)21-13(3)19-20(29-21)14(4)22(30-19)24-26-16-8-6-12(2)10-18(16)28-24/h5-10H,1-4H3. The number of thiophene rings is 2. The van der Waals surface area contributed by atoms with Gasteiger partial charge in [0.1, 0.15) is 10.0 Å². The molecule has 6 rings (SSSR count). The van der Waals surface area contributed by atoms with Crippen LogP contribution in [0.15, 0.2) is 36.4 Å². The molecule has 0 fully saturated rings. The summed E-state index contributed by atoms with van der Waals surface area (Å²) in [4.78, 5) is 12.5. The molecule has 0 aliphatic heterocycles. The second kappa shape index (κ2) is 6.69. The molecule has 6 aromatic rings. The van der Waals surface area contributed by atoms with E-state index in [1.165, 1.54) is 50.8 Å². The Morgan fingerprint density at radius 2 is 1.00 bits per heavy atom. The van der Waals surface area contributed by atoms with Crippen molar-refractivity contribution < 1.29 is 0 Å². The molecule has 2 nitrogen and oxygen atoms in total. The van der Waals surface area contributed by atoms with Crippen molar-refractivity contribution in [2.24, 2.45) is 0 Å². The Labute approximate surface area is 190 Å². The van der Waals surface area contributed by atoms with E-state index in [0.29, 0.717) is 0 Å². The van der Waals surface area contributed by atoms with E-state index in [4.69, 9.17) is 9.97 Å². The van der Waals surface area contributed by atoms with Crippen molar-refractivity contribution in [1.82, 2.24) is 9.97 Å². The summed E-state index contributed by atoms with van der Waals surface area (Å²) in [5.41, 5.74) is 7.46. The molecular formula is C24H18N2S4. The molecule has 0 unspecified atom stereocenters. The molecule has 0 bridgehead atoms. The monoisotopic (exact) mass is 462 g/mol. The average Bonchev–Trinajstić information content (AvgIpc) is 3.45. The summed E-state index contributed by atoms with van der Waals surface area (Å²) in [6.45, 7) is 8.76. The number of rotatable bonds is 2. The van der Waals surface area contributed by atoms with Crippen LogP contribution in [0.2, 0.25) is 0 Å². The lowest BCUT2D eigenvalue weighted by Gasteiger charge is -1.95. The van der Waals surface area contributed by atoms with Crippen molar-refractivity contribution in [2.75, 3.05) is 0 Å². The molecule has 30 heavy (non-hydrogen) atoms. The third-order valence-electron chi connectivity index (χ3n) is 5.45. The second-order valence-corrected chi connectivity index (χ2v) is 11.9. The predicted molar refractivity (Wildman–Crippen MR) is 136 cm³/mol. The topological polar surface area (TPSA) is 25.8 Å². The van der Waals surface area contributed by atoms with Crippen LogP contribution in [0.25, 0.3) is 49.6 Å². The highest BCUT2D eigenvalue weighted by Gasteiger charge is 2.21. The van der Waals surface area contributed by atoms with Crippen molar-refractivity contribution in [3.05, 3.63) is 58.7 Å². The summed E-state index contributed by atoms with van der Waals surface area (Å²) in [6.07, 6.45) is 0. The summed E-state index contributed by atoms with van der Waals surface area (Å²) in [6, 6.07) is 13.0. The van der Waals surface area contributed by atoms with Crippen LogP contribution in [0, 0.1) is 27.7 Å². The number of fused-ring (bicyclic) bond motifs is 3. The first-order chi connectivity index (χ1) is 14.5. The van der Waals surface area contributed by atoms with Gasteiger partial charge in [-0.3, -0.25) is 0 Å². The maximum atomic E-state index is 4.93. The van der Waals surface area contributed by atoms with Gasteiger partial charge < -0.3 is 0 Å². The molecule has 0 radical (unpaired) electrons.